The Labute approximate surface area is 156 Å². The van der Waals surface area contributed by atoms with E-state index in [9.17, 15) is 18.0 Å². The average molecular weight is 392 g/mol. The highest BCUT2D eigenvalue weighted by molar-refractivity contribution is 5.93. The van der Waals surface area contributed by atoms with Crippen molar-refractivity contribution in [2.75, 3.05) is 13.7 Å². The number of hydrogen-bond donors (Lipinski definition) is 1. The first-order chi connectivity index (χ1) is 12.9. The lowest BCUT2D eigenvalue weighted by atomic mass is 10.1. The Morgan fingerprint density at radius 3 is 2.19 bits per heavy atom. The summed E-state index contributed by atoms with van der Waals surface area (Å²) in [6, 6.07) is 4.93. The molecule has 1 aromatic carbocycles. The molecule has 0 fully saturated rings. The summed E-state index contributed by atoms with van der Waals surface area (Å²) in [6.07, 6.45) is 0.114. The summed E-state index contributed by atoms with van der Waals surface area (Å²) in [5, 5.41) is 0. The molecular formula is C18H25F3NO5+. The summed E-state index contributed by atoms with van der Waals surface area (Å²) >= 11 is 0. The van der Waals surface area contributed by atoms with Gasteiger partial charge in [0.1, 0.15) is 17.2 Å². The van der Waals surface area contributed by atoms with Crippen LogP contribution in [-0.4, -0.2) is 26.5 Å². The molecule has 27 heavy (non-hydrogen) atoms. The van der Waals surface area contributed by atoms with Crippen LogP contribution in [0.25, 0.3) is 0 Å². The van der Waals surface area contributed by atoms with Crippen LogP contribution in [0.1, 0.15) is 26.3 Å². The lowest BCUT2D eigenvalue weighted by Gasteiger charge is -2.06. The van der Waals surface area contributed by atoms with Crippen molar-refractivity contribution in [1.29, 1.82) is 0 Å². The maximum absolute atomic E-state index is 14.1. The molecule has 1 aromatic rings. The second-order valence-corrected chi connectivity index (χ2v) is 4.20. The number of ether oxygens (including phenoxy) is 1. The Bertz CT molecular complexity index is 614. The molecule has 0 unspecified atom stereocenters. The maximum Gasteiger partial charge on any atom is 0.353 e. The second kappa shape index (κ2) is 17.0. The van der Waals surface area contributed by atoms with Gasteiger partial charge in [-0.2, -0.15) is 10.3 Å². The average Bonchev–Trinajstić information content (AvgIpc) is 2.66. The first-order valence-corrected chi connectivity index (χ1v) is 7.87. The van der Waals surface area contributed by atoms with Crippen LogP contribution < -0.4 is 5.90 Å². The van der Waals surface area contributed by atoms with Gasteiger partial charge in [0, 0.05) is 6.42 Å². The highest BCUT2D eigenvalue weighted by atomic mass is 19.1. The van der Waals surface area contributed by atoms with Crippen LogP contribution in [0, 0.1) is 5.82 Å². The predicted molar refractivity (Wildman–Crippen MR) is 94.8 cm³/mol. The summed E-state index contributed by atoms with van der Waals surface area (Å²) < 4.78 is 49.4. The van der Waals surface area contributed by atoms with Gasteiger partial charge in [-0.3, -0.25) is 0 Å². The molecule has 0 saturated carbocycles. The largest absolute Gasteiger partial charge is 0.462 e. The third-order valence-corrected chi connectivity index (χ3v) is 2.55. The molecule has 152 valence electrons. The van der Waals surface area contributed by atoms with Gasteiger partial charge in [-0.1, -0.05) is 26.0 Å². The summed E-state index contributed by atoms with van der Waals surface area (Å²) in [5.41, 5.74) is -0.496. The number of carbonyl (C=O) groups excluding carboxylic acids is 2. The topological polar surface area (TPSA) is 82.1 Å². The Hall–Kier alpha value is -2.49. The monoisotopic (exact) mass is 392 g/mol. The van der Waals surface area contributed by atoms with Crippen LogP contribution in [0.4, 0.5) is 13.2 Å². The fourth-order valence-corrected chi connectivity index (χ4v) is 1.54. The van der Waals surface area contributed by atoms with E-state index < -0.39 is 29.0 Å². The number of rotatable bonds is 7. The van der Waals surface area contributed by atoms with E-state index in [0.717, 1.165) is 12.1 Å². The minimum atomic E-state index is -1.23. The van der Waals surface area contributed by atoms with Gasteiger partial charge in [-0.25, -0.2) is 22.9 Å². The summed E-state index contributed by atoms with van der Waals surface area (Å²) in [5.74, 6) is 0.391. The van der Waals surface area contributed by atoms with Gasteiger partial charge in [0.05, 0.1) is 13.7 Å². The van der Waals surface area contributed by atoms with E-state index >= 15 is 0 Å². The van der Waals surface area contributed by atoms with Crippen molar-refractivity contribution < 1.29 is 37.0 Å². The van der Waals surface area contributed by atoms with Crippen LogP contribution in [0.5, 0.6) is 0 Å². The van der Waals surface area contributed by atoms with Crippen LogP contribution >= 0.6 is 0 Å². The van der Waals surface area contributed by atoms with Crippen LogP contribution in [-0.2, 0) is 30.3 Å². The molecule has 0 spiro atoms. The van der Waals surface area contributed by atoms with Gasteiger partial charge in [-0.15, -0.1) is 4.99 Å². The summed E-state index contributed by atoms with van der Waals surface area (Å²) in [7, 11) is 1.33. The number of esters is 1. The first kappa shape index (κ1) is 26.7. The molecule has 0 bridgehead atoms. The van der Waals surface area contributed by atoms with Crippen molar-refractivity contribution >= 4 is 12.8 Å². The van der Waals surface area contributed by atoms with E-state index in [1.165, 1.54) is 26.2 Å². The zero-order chi connectivity index (χ0) is 21.2. The van der Waals surface area contributed by atoms with Gasteiger partial charge in [0.15, 0.2) is 0 Å². The van der Waals surface area contributed by atoms with Crippen molar-refractivity contribution in [3.8, 4) is 0 Å². The van der Waals surface area contributed by atoms with Gasteiger partial charge < -0.3 is 4.74 Å². The molecule has 0 saturated heterocycles. The third kappa shape index (κ3) is 11.7. The second-order valence-electron chi connectivity index (χ2n) is 4.20. The highest BCUT2D eigenvalue weighted by Gasteiger charge is 2.24. The van der Waals surface area contributed by atoms with Gasteiger partial charge in [-0.05, 0) is 24.6 Å². The SMILES string of the molecule is C=[O+]/C=C(F)\C(C(=O)OCC)=C(\F)Cc1ccc(F)cc1.CC.COON. The number of halogens is 3. The molecule has 0 atom stereocenters. The van der Waals surface area contributed by atoms with Gasteiger partial charge in [0.25, 0.3) is 6.79 Å². The van der Waals surface area contributed by atoms with Crippen molar-refractivity contribution in [2.45, 2.75) is 27.2 Å². The van der Waals surface area contributed by atoms with Crippen LogP contribution in [0.3, 0.4) is 0 Å². The van der Waals surface area contributed by atoms with E-state index in [1.54, 1.807) is 0 Å². The number of benzene rings is 1. The number of hydrogen-bond acceptors (Lipinski definition) is 5. The fraction of sp³-hybridized carbons (Fsp3) is 0.333. The Balaban J connectivity index is 0. The molecule has 0 aromatic heterocycles. The van der Waals surface area contributed by atoms with Crippen molar-refractivity contribution in [2.24, 2.45) is 5.90 Å². The lowest BCUT2D eigenvalue weighted by molar-refractivity contribution is -0.363. The predicted octanol–water partition coefficient (Wildman–Crippen LogP) is 3.79. The van der Waals surface area contributed by atoms with E-state index in [2.05, 4.69) is 31.7 Å². The minimum absolute atomic E-state index is 0.0370. The smallest absolute Gasteiger partial charge is 0.353 e. The highest BCUT2D eigenvalue weighted by Crippen LogP contribution is 2.22. The third-order valence-electron chi connectivity index (χ3n) is 2.55. The standard InChI is InChI=1S/C15H14F3O3.C2H6.CH5NO2/c1-3-21-15(19)14(13(18)9-20-2)12(17)8-10-4-6-11(16)7-5-10;1-2;1-3-4-2/h4-7,9H,2-3,8H2,1H3;1-2H3;2H2,1H3/q+1;;/b13-9+,14-12-;;. The van der Waals surface area contributed by atoms with Crippen molar-refractivity contribution in [3.63, 3.8) is 0 Å². The molecule has 6 nitrogen and oxygen atoms in total. The van der Waals surface area contributed by atoms with E-state index in [0.29, 0.717) is 11.8 Å². The zero-order valence-electron chi connectivity index (χ0n) is 15.8. The van der Waals surface area contributed by atoms with Gasteiger partial charge >= 0.3 is 12.2 Å². The minimum Gasteiger partial charge on any atom is -0.462 e. The zero-order valence-corrected chi connectivity index (χ0v) is 15.8. The molecule has 1 rings (SSSR count). The summed E-state index contributed by atoms with van der Waals surface area (Å²) in [4.78, 5) is 19.0. The normalized spacial score (nSPS) is 11.2. The van der Waals surface area contributed by atoms with Crippen LogP contribution in [0.2, 0.25) is 0 Å². The molecule has 0 amide bonds. The Morgan fingerprint density at radius 1 is 1.26 bits per heavy atom. The molecule has 0 heterocycles. The summed E-state index contributed by atoms with van der Waals surface area (Å²) in [6.45, 7) is 8.38. The number of carbonyl (C=O) groups is 1. The molecule has 2 N–H and O–H groups in total. The van der Waals surface area contributed by atoms with Crippen LogP contribution in [0.15, 0.2) is 47.8 Å². The number of nitrogens with two attached hydrogens (primary N) is 1. The van der Waals surface area contributed by atoms with E-state index in [1.807, 2.05) is 13.8 Å². The Kier molecular flexibility index (Phi) is 16.8. The van der Waals surface area contributed by atoms with Crippen molar-refractivity contribution in [3.05, 3.63) is 59.1 Å². The Morgan fingerprint density at radius 2 is 1.78 bits per heavy atom. The van der Waals surface area contributed by atoms with Crippen molar-refractivity contribution in [1.82, 2.24) is 0 Å². The molecule has 0 aliphatic heterocycles. The van der Waals surface area contributed by atoms with E-state index in [4.69, 9.17) is 0 Å². The maximum atomic E-state index is 14.1. The molecule has 9 heteroatoms. The molecule has 0 aliphatic carbocycles. The molecular weight excluding hydrogens is 367 g/mol. The molecule has 0 radical (unpaired) electrons. The molecule has 0 aliphatic rings. The quantitative estimate of drug-likeness (QED) is 0.145. The van der Waals surface area contributed by atoms with Gasteiger partial charge in [0.2, 0.25) is 5.83 Å². The number of allylic oxidation sites excluding steroid dienone is 1. The fourth-order valence-electron chi connectivity index (χ4n) is 1.54. The first-order valence-electron chi connectivity index (χ1n) is 7.87. The van der Waals surface area contributed by atoms with E-state index in [-0.39, 0.29) is 13.0 Å². The lowest BCUT2D eigenvalue weighted by Crippen LogP contribution is -2.11.